The lowest BCUT2D eigenvalue weighted by atomic mass is 9.94. The molecule has 0 unspecified atom stereocenters. The number of para-hydroxylation sites is 3. The van der Waals surface area contributed by atoms with Gasteiger partial charge in [-0.25, -0.2) is 4.98 Å². The van der Waals surface area contributed by atoms with E-state index in [2.05, 4.69) is 198 Å². The van der Waals surface area contributed by atoms with Crippen LogP contribution in [0.15, 0.2) is 188 Å². The van der Waals surface area contributed by atoms with Crippen LogP contribution in [-0.2, 0) is 0 Å². The Morgan fingerprint density at radius 1 is 0.340 bits per heavy atom. The van der Waals surface area contributed by atoms with Crippen molar-refractivity contribution < 1.29 is 0 Å². The van der Waals surface area contributed by atoms with Crippen molar-refractivity contribution in [1.82, 2.24) is 9.55 Å². The molecule has 3 heterocycles. The molecule has 9 aromatic rings. The fourth-order valence-electron chi connectivity index (χ4n) is 7.68. The smallest absolute Gasteiger partial charge is 0.0730 e. The molecule has 0 aliphatic carbocycles. The number of fused-ring (bicyclic) bond motifs is 8. The van der Waals surface area contributed by atoms with Gasteiger partial charge in [0, 0.05) is 38.7 Å². The van der Waals surface area contributed by atoms with Gasteiger partial charge in [0.25, 0.3) is 0 Å². The number of benzene rings is 7. The molecule has 50 heavy (non-hydrogen) atoms. The van der Waals surface area contributed by atoms with Crippen molar-refractivity contribution in [3.05, 3.63) is 188 Å². The first kappa shape index (κ1) is 28.3. The molecule has 0 fully saturated rings. The van der Waals surface area contributed by atoms with Gasteiger partial charge in [0.15, 0.2) is 0 Å². The van der Waals surface area contributed by atoms with Crippen LogP contribution in [0.4, 0.5) is 17.1 Å². The molecule has 2 aromatic heterocycles. The maximum Gasteiger partial charge on any atom is 0.0730 e. The van der Waals surface area contributed by atoms with Crippen LogP contribution in [0.1, 0.15) is 0 Å². The van der Waals surface area contributed by atoms with Gasteiger partial charge in [0.2, 0.25) is 0 Å². The van der Waals surface area contributed by atoms with Crippen LogP contribution in [0.25, 0.3) is 72.3 Å². The monoisotopic (exact) mass is 637 g/mol. The third-order valence-electron chi connectivity index (χ3n) is 9.91. The first-order chi connectivity index (χ1) is 24.8. The molecule has 3 nitrogen and oxygen atoms in total. The van der Waals surface area contributed by atoms with E-state index >= 15 is 0 Å². The largest absolute Gasteiger partial charge is 0.309 e. The van der Waals surface area contributed by atoms with E-state index in [-0.39, 0.29) is 0 Å². The molecule has 234 valence electrons. The second kappa shape index (κ2) is 11.5. The standard InChI is InChI=1S/C47H31N3/c1-4-16-32(17-5-1)42-28-35(29-43(48-42)33-18-6-2-7-19-33)50-44-26-14-12-24-38(44)36-22-10-11-23-37(36)40-30-41-39-25-13-15-27-45(39)49(47(41)31-46(40)50)34-20-8-3-9-21-34/h1-31H. The summed E-state index contributed by atoms with van der Waals surface area (Å²) >= 11 is 0. The van der Waals surface area contributed by atoms with Gasteiger partial charge < -0.3 is 9.47 Å². The summed E-state index contributed by atoms with van der Waals surface area (Å²) in [5.41, 5.74) is 15.7. The highest BCUT2D eigenvalue weighted by atomic mass is 15.2. The van der Waals surface area contributed by atoms with E-state index in [9.17, 15) is 0 Å². The average Bonchev–Trinajstić information content (AvgIpc) is 3.46. The minimum Gasteiger partial charge on any atom is -0.309 e. The molecule has 0 spiro atoms. The predicted octanol–water partition coefficient (Wildman–Crippen LogP) is 12.6. The number of hydrogen-bond donors (Lipinski definition) is 0. The summed E-state index contributed by atoms with van der Waals surface area (Å²) in [6, 6.07) is 67.4. The summed E-state index contributed by atoms with van der Waals surface area (Å²) in [5, 5.41) is 2.47. The normalized spacial score (nSPS) is 12.0. The minimum absolute atomic E-state index is 0.933. The summed E-state index contributed by atoms with van der Waals surface area (Å²) < 4.78 is 2.41. The third-order valence-corrected chi connectivity index (χ3v) is 9.91. The van der Waals surface area contributed by atoms with Gasteiger partial charge in [-0.15, -0.1) is 0 Å². The third kappa shape index (κ3) is 4.48. The maximum absolute atomic E-state index is 5.25. The van der Waals surface area contributed by atoms with E-state index in [4.69, 9.17) is 4.98 Å². The van der Waals surface area contributed by atoms with Crippen LogP contribution in [0.5, 0.6) is 0 Å². The highest BCUT2D eigenvalue weighted by Gasteiger charge is 2.28. The fourth-order valence-corrected chi connectivity index (χ4v) is 7.68. The zero-order valence-corrected chi connectivity index (χ0v) is 27.2. The molecule has 0 saturated carbocycles. The molecule has 0 bridgehead atoms. The molecule has 10 rings (SSSR count). The summed E-state index contributed by atoms with van der Waals surface area (Å²) in [6.45, 7) is 0. The number of pyridine rings is 1. The predicted molar refractivity (Wildman–Crippen MR) is 209 cm³/mol. The number of anilines is 3. The molecule has 3 heteroatoms. The first-order valence-electron chi connectivity index (χ1n) is 17.1. The number of aromatic nitrogens is 2. The van der Waals surface area contributed by atoms with Gasteiger partial charge in [0.05, 0.1) is 39.5 Å². The Morgan fingerprint density at radius 3 is 1.56 bits per heavy atom. The van der Waals surface area contributed by atoms with Crippen molar-refractivity contribution >= 4 is 38.9 Å². The molecule has 7 aromatic carbocycles. The van der Waals surface area contributed by atoms with Gasteiger partial charge in [-0.3, -0.25) is 0 Å². The molecular formula is C47H31N3. The molecule has 0 atom stereocenters. The molecule has 1 aliphatic rings. The Labute approximate surface area is 291 Å². The Kier molecular flexibility index (Phi) is 6.49. The van der Waals surface area contributed by atoms with Gasteiger partial charge in [-0.1, -0.05) is 140 Å². The first-order valence-corrected chi connectivity index (χ1v) is 17.1. The van der Waals surface area contributed by atoms with Crippen LogP contribution < -0.4 is 4.90 Å². The van der Waals surface area contributed by atoms with E-state index in [1.165, 1.54) is 44.1 Å². The quantitative estimate of drug-likeness (QED) is 0.191. The number of rotatable bonds is 4. The van der Waals surface area contributed by atoms with E-state index in [1.54, 1.807) is 0 Å². The van der Waals surface area contributed by atoms with Crippen molar-refractivity contribution in [2.24, 2.45) is 0 Å². The summed E-state index contributed by atoms with van der Waals surface area (Å²) in [6.07, 6.45) is 0. The Balaban J connectivity index is 1.34. The van der Waals surface area contributed by atoms with Gasteiger partial charge >= 0.3 is 0 Å². The molecule has 0 N–H and O–H groups in total. The lowest BCUT2D eigenvalue weighted by Gasteiger charge is -2.28. The minimum atomic E-state index is 0.933. The van der Waals surface area contributed by atoms with Gasteiger partial charge in [-0.2, -0.15) is 0 Å². The number of hydrogen-bond acceptors (Lipinski definition) is 2. The van der Waals surface area contributed by atoms with Crippen molar-refractivity contribution in [3.63, 3.8) is 0 Å². The van der Waals surface area contributed by atoms with Crippen molar-refractivity contribution in [1.29, 1.82) is 0 Å². The van der Waals surface area contributed by atoms with Crippen LogP contribution in [0, 0.1) is 0 Å². The van der Waals surface area contributed by atoms with Crippen LogP contribution >= 0.6 is 0 Å². The van der Waals surface area contributed by atoms with Gasteiger partial charge in [0.1, 0.15) is 0 Å². The molecule has 1 aliphatic heterocycles. The molecular weight excluding hydrogens is 607 g/mol. The maximum atomic E-state index is 5.25. The van der Waals surface area contributed by atoms with E-state index < -0.39 is 0 Å². The van der Waals surface area contributed by atoms with Gasteiger partial charge in [-0.05, 0) is 59.7 Å². The summed E-state index contributed by atoms with van der Waals surface area (Å²) in [5.74, 6) is 0. The Bertz CT molecular complexity index is 2640. The van der Waals surface area contributed by atoms with Crippen LogP contribution in [0.2, 0.25) is 0 Å². The molecule has 0 amide bonds. The lowest BCUT2D eigenvalue weighted by Crippen LogP contribution is -2.12. The highest BCUT2D eigenvalue weighted by Crippen LogP contribution is 2.53. The van der Waals surface area contributed by atoms with Crippen LogP contribution in [0.3, 0.4) is 0 Å². The topological polar surface area (TPSA) is 21.1 Å². The van der Waals surface area contributed by atoms with E-state index in [0.717, 1.165) is 45.3 Å². The second-order valence-corrected chi connectivity index (χ2v) is 12.8. The highest BCUT2D eigenvalue weighted by molar-refractivity contribution is 6.15. The summed E-state index contributed by atoms with van der Waals surface area (Å²) in [7, 11) is 0. The lowest BCUT2D eigenvalue weighted by molar-refractivity contribution is 1.18. The fraction of sp³-hybridized carbons (Fsp3) is 0. The Hall–Kier alpha value is -6.71. The van der Waals surface area contributed by atoms with E-state index in [1.807, 2.05) is 0 Å². The van der Waals surface area contributed by atoms with Crippen molar-refractivity contribution in [2.75, 3.05) is 4.90 Å². The molecule has 0 radical (unpaired) electrons. The summed E-state index contributed by atoms with van der Waals surface area (Å²) in [4.78, 5) is 7.70. The zero-order valence-electron chi connectivity index (χ0n) is 27.2. The average molecular weight is 638 g/mol. The SMILES string of the molecule is c1ccc(-c2cc(N3c4ccccc4-c4ccccc4-c4cc5c6ccccc6n(-c6ccccc6)c5cc43)cc(-c3ccccc3)n2)cc1. The Morgan fingerprint density at radius 2 is 0.880 bits per heavy atom. The van der Waals surface area contributed by atoms with Crippen molar-refractivity contribution in [3.8, 4) is 50.5 Å². The van der Waals surface area contributed by atoms with Crippen LogP contribution in [-0.4, -0.2) is 9.55 Å². The number of nitrogens with zero attached hydrogens (tertiary/aromatic N) is 3. The second-order valence-electron chi connectivity index (χ2n) is 12.8. The van der Waals surface area contributed by atoms with E-state index in [0.29, 0.717) is 0 Å². The molecule has 0 saturated heterocycles. The zero-order chi connectivity index (χ0) is 33.0. The van der Waals surface area contributed by atoms with Crippen molar-refractivity contribution in [2.45, 2.75) is 0 Å².